The van der Waals surface area contributed by atoms with Crippen LogP contribution in [-0.2, 0) is 0 Å². The molecule has 3 N–H and O–H groups in total. The van der Waals surface area contributed by atoms with Crippen LogP contribution in [-0.4, -0.2) is 36.1 Å². The fourth-order valence-electron chi connectivity index (χ4n) is 2.35. The Morgan fingerprint density at radius 1 is 1.50 bits per heavy atom. The Labute approximate surface area is 114 Å². The van der Waals surface area contributed by atoms with Gasteiger partial charge in [0.15, 0.2) is 0 Å². The average molecular weight is 269 g/mol. The van der Waals surface area contributed by atoms with E-state index in [4.69, 9.17) is 17.3 Å². The quantitative estimate of drug-likeness (QED) is 0.881. The van der Waals surface area contributed by atoms with Gasteiger partial charge in [0, 0.05) is 12.7 Å². The van der Waals surface area contributed by atoms with Crippen LogP contribution in [0.5, 0.6) is 0 Å². The van der Waals surface area contributed by atoms with E-state index in [9.17, 15) is 0 Å². The van der Waals surface area contributed by atoms with Crippen molar-refractivity contribution in [2.24, 2.45) is 5.92 Å². The molecule has 1 aliphatic rings. The lowest BCUT2D eigenvalue weighted by Crippen LogP contribution is -2.35. The van der Waals surface area contributed by atoms with Gasteiger partial charge in [-0.3, -0.25) is 0 Å². The summed E-state index contributed by atoms with van der Waals surface area (Å²) >= 11 is 5.82. The van der Waals surface area contributed by atoms with E-state index in [0.29, 0.717) is 16.6 Å². The zero-order valence-corrected chi connectivity index (χ0v) is 11.6. The van der Waals surface area contributed by atoms with Crippen molar-refractivity contribution in [2.45, 2.75) is 19.8 Å². The van der Waals surface area contributed by atoms with E-state index in [1.54, 1.807) is 12.3 Å². The summed E-state index contributed by atoms with van der Waals surface area (Å²) < 4.78 is 0. The van der Waals surface area contributed by atoms with Gasteiger partial charge in [0.2, 0.25) is 0 Å². The lowest BCUT2D eigenvalue weighted by atomic mass is 9.97. The first-order valence-electron chi connectivity index (χ1n) is 6.56. The zero-order chi connectivity index (χ0) is 13.0. The van der Waals surface area contributed by atoms with Gasteiger partial charge in [0.25, 0.3) is 0 Å². The van der Waals surface area contributed by atoms with Crippen molar-refractivity contribution in [2.75, 3.05) is 37.2 Å². The predicted molar refractivity (Wildman–Crippen MR) is 77.0 cm³/mol. The Bertz CT molecular complexity index is 389. The molecule has 2 heterocycles. The summed E-state index contributed by atoms with van der Waals surface area (Å²) in [6.07, 6.45) is 4.11. The smallest absolute Gasteiger partial charge is 0.149 e. The number of anilines is 2. The molecule has 0 aromatic carbocycles. The number of nitrogens with zero attached hydrogens (tertiary/aromatic N) is 2. The summed E-state index contributed by atoms with van der Waals surface area (Å²) in [6.45, 7) is 6.72. The first-order valence-corrected chi connectivity index (χ1v) is 6.94. The third kappa shape index (κ3) is 3.50. The molecule has 1 fully saturated rings. The standard InChI is InChI=1S/C13H21ClN4/c1-2-18-5-3-10(4-6-18)8-16-13-12(15)7-11(14)9-17-13/h7,9-10H,2-6,8,15H2,1H3,(H,16,17). The Morgan fingerprint density at radius 2 is 2.22 bits per heavy atom. The lowest BCUT2D eigenvalue weighted by molar-refractivity contribution is 0.198. The molecule has 0 bridgehead atoms. The second-order valence-electron chi connectivity index (χ2n) is 4.85. The maximum Gasteiger partial charge on any atom is 0.149 e. The largest absolute Gasteiger partial charge is 0.396 e. The van der Waals surface area contributed by atoms with Crippen molar-refractivity contribution in [1.29, 1.82) is 0 Å². The van der Waals surface area contributed by atoms with Crippen molar-refractivity contribution < 1.29 is 0 Å². The van der Waals surface area contributed by atoms with Crippen LogP contribution in [0.2, 0.25) is 5.02 Å². The van der Waals surface area contributed by atoms with Crippen LogP contribution in [0.15, 0.2) is 12.3 Å². The van der Waals surface area contributed by atoms with Gasteiger partial charge in [-0.25, -0.2) is 4.98 Å². The Hall–Kier alpha value is -1.00. The van der Waals surface area contributed by atoms with Crippen LogP contribution in [0, 0.1) is 5.92 Å². The molecule has 100 valence electrons. The molecule has 1 aromatic heterocycles. The number of halogens is 1. The minimum atomic E-state index is 0.578. The number of aromatic nitrogens is 1. The number of nitrogens with two attached hydrogens (primary N) is 1. The highest BCUT2D eigenvalue weighted by atomic mass is 35.5. The summed E-state index contributed by atoms with van der Waals surface area (Å²) in [5.74, 6) is 1.46. The van der Waals surface area contributed by atoms with Crippen molar-refractivity contribution in [3.05, 3.63) is 17.3 Å². The van der Waals surface area contributed by atoms with Crippen LogP contribution in [0.1, 0.15) is 19.8 Å². The van der Waals surface area contributed by atoms with Gasteiger partial charge >= 0.3 is 0 Å². The maximum atomic E-state index is 5.86. The molecule has 0 unspecified atom stereocenters. The van der Waals surface area contributed by atoms with E-state index in [1.165, 1.54) is 25.9 Å². The summed E-state index contributed by atoms with van der Waals surface area (Å²) in [5, 5.41) is 3.91. The molecule has 0 saturated carbocycles. The van der Waals surface area contributed by atoms with Crippen molar-refractivity contribution in [3.8, 4) is 0 Å². The molecule has 2 rings (SSSR count). The second-order valence-corrected chi connectivity index (χ2v) is 5.29. The topological polar surface area (TPSA) is 54.2 Å². The highest BCUT2D eigenvalue weighted by Crippen LogP contribution is 2.22. The Balaban J connectivity index is 1.81. The first-order chi connectivity index (χ1) is 8.69. The van der Waals surface area contributed by atoms with Crippen molar-refractivity contribution >= 4 is 23.1 Å². The van der Waals surface area contributed by atoms with E-state index in [-0.39, 0.29) is 0 Å². The summed E-state index contributed by atoms with van der Waals surface area (Å²) in [6, 6.07) is 1.73. The highest BCUT2D eigenvalue weighted by Gasteiger charge is 2.18. The van der Waals surface area contributed by atoms with Gasteiger partial charge in [-0.2, -0.15) is 0 Å². The van der Waals surface area contributed by atoms with E-state index in [2.05, 4.69) is 22.1 Å². The average Bonchev–Trinajstić information content (AvgIpc) is 2.38. The van der Waals surface area contributed by atoms with Crippen LogP contribution in [0.3, 0.4) is 0 Å². The fourth-order valence-corrected chi connectivity index (χ4v) is 2.52. The molecule has 0 atom stereocenters. The molecule has 1 saturated heterocycles. The van der Waals surface area contributed by atoms with Gasteiger partial charge < -0.3 is 16.0 Å². The number of piperidine rings is 1. The molecule has 0 radical (unpaired) electrons. The number of hydrogen-bond donors (Lipinski definition) is 2. The molecular weight excluding hydrogens is 248 g/mol. The fraction of sp³-hybridized carbons (Fsp3) is 0.615. The minimum absolute atomic E-state index is 0.578. The van der Waals surface area contributed by atoms with Gasteiger partial charge in [-0.15, -0.1) is 0 Å². The van der Waals surface area contributed by atoms with E-state index in [1.807, 2.05) is 0 Å². The number of nitrogens with one attached hydrogen (secondary N) is 1. The SMILES string of the molecule is CCN1CCC(CNc2ncc(Cl)cc2N)CC1. The van der Waals surface area contributed by atoms with Crippen LogP contribution < -0.4 is 11.1 Å². The molecule has 0 spiro atoms. The van der Waals surface area contributed by atoms with Crippen LogP contribution in [0.4, 0.5) is 11.5 Å². The molecular formula is C13H21ClN4. The van der Waals surface area contributed by atoms with Crippen LogP contribution in [0.25, 0.3) is 0 Å². The molecule has 18 heavy (non-hydrogen) atoms. The highest BCUT2D eigenvalue weighted by molar-refractivity contribution is 6.30. The Kier molecular flexibility index (Phi) is 4.66. The van der Waals surface area contributed by atoms with E-state index >= 15 is 0 Å². The molecule has 1 aromatic rings. The lowest BCUT2D eigenvalue weighted by Gasteiger charge is -2.31. The first kappa shape index (κ1) is 13.4. The molecule has 0 amide bonds. The minimum Gasteiger partial charge on any atom is -0.396 e. The maximum absolute atomic E-state index is 5.86. The molecule has 4 nitrogen and oxygen atoms in total. The molecule has 5 heteroatoms. The number of likely N-dealkylation sites (tertiary alicyclic amines) is 1. The number of nitrogen functional groups attached to an aromatic ring is 1. The molecule has 1 aliphatic heterocycles. The number of hydrogen-bond acceptors (Lipinski definition) is 4. The summed E-state index contributed by atoms with van der Waals surface area (Å²) in [4.78, 5) is 6.71. The third-order valence-electron chi connectivity index (χ3n) is 3.60. The van der Waals surface area contributed by atoms with Gasteiger partial charge in [-0.1, -0.05) is 18.5 Å². The number of pyridine rings is 1. The number of rotatable bonds is 4. The second kappa shape index (κ2) is 6.25. The monoisotopic (exact) mass is 268 g/mol. The zero-order valence-electron chi connectivity index (χ0n) is 10.8. The van der Waals surface area contributed by atoms with Gasteiger partial charge in [0.05, 0.1) is 10.7 Å². The summed E-state index contributed by atoms with van der Waals surface area (Å²) in [7, 11) is 0. The normalized spacial score (nSPS) is 17.9. The van der Waals surface area contributed by atoms with Crippen LogP contribution >= 0.6 is 11.6 Å². The Morgan fingerprint density at radius 3 is 2.83 bits per heavy atom. The van der Waals surface area contributed by atoms with E-state index < -0.39 is 0 Å². The van der Waals surface area contributed by atoms with E-state index in [0.717, 1.165) is 18.9 Å². The molecule has 0 aliphatic carbocycles. The summed E-state index contributed by atoms with van der Waals surface area (Å²) in [5.41, 5.74) is 6.48. The van der Waals surface area contributed by atoms with Gasteiger partial charge in [0.1, 0.15) is 5.82 Å². The van der Waals surface area contributed by atoms with Gasteiger partial charge in [-0.05, 0) is 44.5 Å². The van der Waals surface area contributed by atoms with Crippen molar-refractivity contribution in [3.63, 3.8) is 0 Å². The van der Waals surface area contributed by atoms with Crippen molar-refractivity contribution in [1.82, 2.24) is 9.88 Å². The third-order valence-corrected chi connectivity index (χ3v) is 3.80. The predicted octanol–water partition coefficient (Wildman–Crippen LogP) is 2.46.